The Bertz CT molecular complexity index is 775. The Labute approximate surface area is 123 Å². The number of aliphatic hydroxyl groups is 1. The molecule has 1 aromatic carbocycles. The Kier molecular flexibility index (Phi) is 3.79. The number of hydrogen-bond donors (Lipinski definition) is 1. The van der Waals surface area contributed by atoms with Crippen molar-refractivity contribution >= 4 is 10.9 Å². The summed E-state index contributed by atoms with van der Waals surface area (Å²) in [5.41, 5.74) is 3.47. The van der Waals surface area contributed by atoms with Gasteiger partial charge in [0.05, 0.1) is 12.1 Å². The van der Waals surface area contributed by atoms with E-state index in [0.29, 0.717) is 5.95 Å². The van der Waals surface area contributed by atoms with Gasteiger partial charge in [-0.25, -0.2) is 9.97 Å². The van der Waals surface area contributed by atoms with Crippen LogP contribution in [0.25, 0.3) is 16.9 Å². The highest BCUT2D eigenvalue weighted by molar-refractivity contribution is 5.86. The minimum Gasteiger partial charge on any atom is -0.392 e. The highest BCUT2D eigenvalue weighted by Gasteiger charge is 2.15. The molecule has 0 radical (unpaired) electrons. The van der Waals surface area contributed by atoms with Crippen molar-refractivity contribution in [3.8, 4) is 5.95 Å². The van der Waals surface area contributed by atoms with Gasteiger partial charge in [0.15, 0.2) is 0 Å². The van der Waals surface area contributed by atoms with E-state index in [1.165, 1.54) is 10.9 Å². The van der Waals surface area contributed by atoms with Crippen molar-refractivity contribution in [3.63, 3.8) is 0 Å². The molecular formula is C17H17N3O. The summed E-state index contributed by atoms with van der Waals surface area (Å²) in [6.45, 7) is 2.17. The van der Waals surface area contributed by atoms with E-state index in [2.05, 4.69) is 33.6 Å². The van der Waals surface area contributed by atoms with Gasteiger partial charge in [-0.1, -0.05) is 30.4 Å². The minimum absolute atomic E-state index is 0.0567. The standard InChI is InChI=1S/C17H17N3O/c1-13-14-7-2-3-9-16(14)20(15(13)8-4-5-12-21)17-18-10-6-11-19-17/h2-7,9-11,21H,8,12H2,1H3/b5-4+. The van der Waals surface area contributed by atoms with Crippen LogP contribution in [0, 0.1) is 6.92 Å². The smallest absolute Gasteiger partial charge is 0.234 e. The van der Waals surface area contributed by atoms with Crippen LogP contribution in [-0.2, 0) is 6.42 Å². The molecule has 106 valence electrons. The van der Waals surface area contributed by atoms with Crippen LogP contribution >= 0.6 is 0 Å². The van der Waals surface area contributed by atoms with Crippen molar-refractivity contribution in [2.75, 3.05) is 6.61 Å². The third kappa shape index (κ3) is 2.45. The molecule has 0 aliphatic rings. The maximum atomic E-state index is 8.92. The van der Waals surface area contributed by atoms with Crippen LogP contribution in [-0.4, -0.2) is 26.2 Å². The molecule has 4 nitrogen and oxygen atoms in total. The van der Waals surface area contributed by atoms with Gasteiger partial charge in [0, 0.05) is 29.9 Å². The van der Waals surface area contributed by atoms with Gasteiger partial charge in [-0.15, -0.1) is 0 Å². The Morgan fingerprint density at radius 1 is 1.10 bits per heavy atom. The summed E-state index contributed by atoms with van der Waals surface area (Å²) in [6, 6.07) is 10.1. The zero-order valence-corrected chi connectivity index (χ0v) is 11.9. The summed E-state index contributed by atoms with van der Waals surface area (Å²) in [4.78, 5) is 8.76. The summed E-state index contributed by atoms with van der Waals surface area (Å²) in [6.07, 6.45) is 7.97. The van der Waals surface area contributed by atoms with Gasteiger partial charge in [0.25, 0.3) is 0 Å². The number of benzene rings is 1. The summed E-state index contributed by atoms with van der Waals surface area (Å²) in [7, 11) is 0. The molecule has 3 aromatic rings. The fourth-order valence-electron chi connectivity index (χ4n) is 2.60. The van der Waals surface area contributed by atoms with E-state index in [9.17, 15) is 0 Å². The lowest BCUT2D eigenvalue weighted by Crippen LogP contribution is -2.04. The summed E-state index contributed by atoms with van der Waals surface area (Å²) < 4.78 is 2.09. The van der Waals surface area contributed by atoms with E-state index < -0.39 is 0 Å². The number of allylic oxidation sites excluding steroid dienone is 1. The first-order chi connectivity index (χ1) is 10.3. The van der Waals surface area contributed by atoms with Gasteiger partial charge in [0.2, 0.25) is 5.95 Å². The molecule has 3 rings (SSSR count). The lowest BCUT2D eigenvalue weighted by atomic mass is 10.1. The third-order valence-electron chi connectivity index (χ3n) is 3.59. The molecule has 0 unspecified atom stereocenters. The van der Waals surface area contributed by atoms with Gasteiger partial charge in [0.1, 0.15) is 0 Å². The topological polar surface area (TPSA) is 50.9 Å². The number of aromatic nitrogens is 3. The van der Waals surface area contributed by atoms with E-state index in [1.54, 1.807) is 18.5 Å². The molecule has 0 saturated carbocycles. The summed E-state index contributed by atoms with van der Waals surface area (Å²) >= 11 is 0. The molecule has 0 amide bonds. The molecule has 0 bridgehead atoms. The van der Waals surface area contributed by atoms with Gasteiger partial charge in [-0.2, -0.15) is 0 Å². The molecule has 0 spiro atoms. The Hall–Kier alpha value is -2.46. The van der Waals surface area contributed by atoms with Crippen LogP contribution in [0.5, 0.6) is 0 Å². The predicted molar refractivity (Wildman–Crippen MR) is 83.5 cm³/mol. The molecule has 2 heterocycles. The second-order valence-corrected chi connectivity index (χ2v) is 4.83. The van der Waals surface area contributed by atoms with Crippen LogP contribution in [0.1, 0.15) is 11.3 Å². The third-order valence-corrected chi connectivity index (χ3v) is 3.59. The average molecular weight is 279 g/mol. The Balaban J connectivity index is 2.24. The van der Waals surface area contributed by atoms with Gasteiger partial charge in [-0.05, 0) is 24.6 Å². The van der Waals surface area contributed by atoms with Crippen LogP contribution in [0.4, 0.5) is 0 Å². The molecule has 4 heteroatoms. The Morgan fingerprint density at radius 3 is 2.62 bits per heavy atom. The number of aryl methyl sites for hydroxylation is 1. The predicted octanol–water partition coefficient (Wildman–Crippen LogP) is 2.82. The number of aliphatic hydroxyl groups excluding tert-OH is 1. The molecule has 0 fully saturated rings. The SMILES string of the molecule is Cc1c(C/C=C/CO)n(-c2ncccn2)c2ccccc12. The normalized spacial score (nSPS) is 11.5. The first-order valence-corrected chi connectivity index (χ1v) is 6.95. The molecule has 0 aliphatic carbocycles. The fourth-order valence-corrected chi connectivity index (χ4v) is 2.60. The van der Waals surface area contributed by atoms with E-state index in [-0.39, 0.29) is 6.61 Å². The van der Waals surface area contributed by atoms with Crippen LogP contribution in [0.3, 0.4) is 0 Å². The molecule has 1 N–H and O–H groups in total. The summed E-state index contributed by atoms with van der Waals surface area (Å²) in [5.74, 6) is 0.675. The first kappa shape index (κ1) is 13.5. The lowest BCUT2D eigenvalue weighted by Gasteiger charge is -2.07. The quantitative estimate of drug-likeness (QED) is 0.747. The van der Waals surface area contributed by atoms with E-state index in [4.69, 9.17) is 5.11 Å². The maximum absolute atomic E-state index is 8.92. The number of fused-ring (bicyclic) bond motifs is 1. The molecule has 0 aliphatic heterocycles. The van der Waals surface area contributed by atoms with E-state index >= 15 is 0 Å². The average Bonchev–Trinajstić information content (AvgIpc) is 2.82. The number of nitrogens with zero attached hydrogens (tertiary/aromatic N) is 3. The highest BCUT2D eigenvalue weighted by atomic mass is 16.2. The summed E-state index contributed by atoms with van der Waals surface area (Å²) in [5, 5.41) is 10.1. The second kappa shape index (κ2) is 5.89. The lowest BCUT2D eigenvalue weighted by molar-refractivity contribution is 0.342. The monoisotopic (exact) mass is 279 g/mol. The fraction of sp³-hybridized carbons (Fsp3) is 0.176. The first-order valence-electron chi connectivity index (χ1n) is 6.95. The molecular weight excluding hydrogens is 262 g/mol. The van der Waals surface area contributed by atoms with E-state index in [0.717, 1.165) is 17.6 Å². The molecule has 21 heavy (non-hydrogen) atoms. The van der Waals surface area contributed by atoms with Crippen LogP contribution < -0.4 is 0 Å². The van der Waals surface area contributed by atoms with Crippen molar-refractivity contribution in [2.24, 2.45) is 0 Å². The van der Waals surface area contributed by atoms with Crippen LogP contribution in [0.15, 0.2) is 54.9 Å². The second-order valence-electron chi connectivity index (χ2n) is 4.83. The molecule has 0 atom stereocenters. The largest absolute Gasteiger partial charge is 0.392 e. The van der Waals surface area contributed by atoms with Crippen molar-refractivity contribution < 1.29 is 5.11 Å². The number of hydrogen-bond acceptors (Lipinski definition) is 3. The van der Waals surface area contributed by atoms with Crippen molar-refractivity contribution in [1.29, 1.82) is 0 Å². The van der Waals surface area contributed by atoms with Gasteiger partial charge >= 0.3 is 0 Å². The van der Waals surface area contributed by atoms with Crippen molar-refractivity contribution in [1.82, 2.24) is 14.5 Å². The zero-order valence-electron chi connectivity index (χ0n) is 11.9. The van der Waals surface area contributed by atoms with Crippen LogP contribution in [0.2, 0.25) is 0 Å². The van der Waals surface area contributed by atoms with Gasteiger partial charge in [-0.3, -0.25) is 4.57 Å². The zero-order chi connectivity index (χ0) is 14.7. The maximum Gasteiger partial charge on any atom is 0.234 e. The van der Waals surface area contributed by atoms with Gasteiger partial charge < -0.3 is 5.11 Å². The number of para-hydroxylation sites is 1. The van der Waals surface area contributed by atoms with E-state index in [1.807, 2.05) is 24.3 Å². The minimum atomic E-state index is 0.0567. The van der Waals surface area contributed by atoms with Crippen molar-refractivity contribution in [3.05, 3.63) is 66.1 Å². The highest BCUT2D eigenvalue weighted by Crippen LogP contribution is 2.28. The Morgan fingerprint density at radius 2 is 1.86 bits per heavy atom. The number of rotatable bonds is 4. The van der Waals surface area contributed by atoms with Crippen molar-refractivity contribution in [2.45, 2.75) is 13.3 Å². The molecule has 0 saturated heterocycles. The molecule has 2 aromatic heterocycles.